The molecule has 5 rings (SSSR count). The zero-order valence-corrected chi connectivity index (χ0v) is 13.0. The number of hydrogen-bond acceptors (Lipinski definition) is 6. The lowest BCUT2D eigenvalue weighted by atomic mass is 9.96. The monoisotopic (exact) mass is 328 g/mol. The van der Waals surface area contributed by atoms with Gasteiger partial charge >= 0.3 is 0 Å². The largest absolute Gasteiger partial charge is 0.504 e. The molecule has 2 fully saturated rings. The predicted molar refractivity (Wildman–Crippen MR) is 82.3 cm³/mol. The van der Waals surface area contributed by atoms with Crippen molar-refractivity contribution in [3.63, 3.8) is 0 Å². The van der Waals surface area contributed by atoms with Gasteiger partial charge in [-0.3, -0.25) is 4.79 Å². The number of fused-ring (bicyclic) bond motifs is 6. The molecule has 2 saturated heterocycles. The van der Waals surface area contributed by atoms with E-state index >= 15 is 0 Å². The van der Waals surface area contributed by atoms with Crippen LogP contribution in [-0.4, -0.2) is 24.4 Å². The standard InChI is InChI=1S/C18H16O6/c1-21-12-5-3-8(6-10(12)19)2-4-9-7-11(20)13-14(22-9)16-18(24-16)17-15(13)23-17/h3,5-7,15-19H,2,4H2,1H3/t15-,16+,17-,18+/m1/s1. The Kier molecular flexibility index (Phi) is 2.84. The van der Waals surface area contributed by atoms with Crippen LogP contribution >= 0.6 is 0 Å². The Hall–Kier alpha value is -2.31. The Morgan fingerprint density at radius 3 is 2.71 bits per heavy atom. The summed E-state index contributed by atoms with van der Waals surface area (Å²) in [7, 11) is 1.51. The molecule has 3 aliphatic rings. The van der Waals surface area contributed by atoms with Crippen LogP contribution in [0.2, 0.25) is 0 Å². The van der Waals surface area contributed by atoms with Gasteiger partial charge in [0.1, 0.15) is 35.9 Å². The molecule has 6 nitrogen and oxygen atoms in total. The summed E-state index contributed by atoms with van der Waals surface area (Å²) in [5.41, 5.74) is 1.54. The Morgan fingerprint density at radius 1 is 1.12 bits per heavy atom. The summed E-state index contributed by atoms with van der Waals surface area (Å²) in [6, 6.07) is 6.82. The number of epoxide rings is 2. The Balaban J connectivity index is 1.39. The number of phenolic OH excluding ortho intramolecular Hbond substituents is 1. The van der Waals surface area contributed by atoms with E-state index in [-0.39, 0.29) is 35.6 Å². The van der Waals surface area contributed by atoms with Gasteiger partial charge in [0.15, 0.2) is 16.9 Å². The SMILES string of the molecule is COc1ccc(CCc2cc(=O)c3c(o2)[C@@H]2O[C@@H]2[C@@H]2O[C@H]32)cc1O. The number of rotatable bonds is 4. The van der Waals surface area contributed by atoms with E-state index in [0.29, 0.717) is 35.7 Å². The quantitative estimate of drug-likeness (QED) is 0.865. The first-order valence-corrected chi connectivity index (χ1v) is 7.99. The minimum atomic E-state index is -0.146. The number of aromatic hydroxyl groups is 1. The van der Waals surface area contributed by atoms with Gasteiger partial charge < -0.3 is 23.7 Å². The lowest BCUT2D eigenvalue weighted by Crippen LogP contribution is -2.18. The smallest absolute Gasteiger partial charge is 0.191 e. The summed E-state index contributed by atoms with van der Waals surface area (Å²) >= 11 is 0. The van der Waals surface area contributed by atoms with Crippen molar-refractivity contribution in [1.82, 2.24) is 0 Å². The third-order valence-corrected chi connectivity index (χ3v) is 4.89. The molecule has 3 heterocycles. The van der Waals surface area contributed by atoms with E-state index < -0.39 is 0 Å². The zero-order chi connectivity index (χ0) is 16.4. The third-order valence-electron chi connectivity index (χ3n) is 4.89. The molecule has 2 aliphatic heterocycles. The van der Waals surface area contributed by atoms with Gasteiger partial charge in [0.25, 0.3) is 0 Å². The van der Waals surface area contributed by atoms with E-state index in [4.69, 9.17) is 18.6 Å². The second kappa shape index (κ2) is 4.84. The number of phenols is 1. The summed E-state index contributed by atoms with van der Waals surface area (Å²) in [5.74, 6) is 1.81. The normalized spacial score (nSPS) is 28.5. The zero-order valence-electron chi connectivity index (χ0n) is 13.0. The van der Waals surface area contributed by atoms with Crippen molar-refractivity contribution in [2.24, 2.45) is 0 Å². The fourth-order valence-corrected chi connectivity index (χ4v) is 3.54. The van der Waals surface area contributed by atoms with Gasteiger partial charge in [-0.05, 0) is 24.1 Å². The van der Waals surface area contributed by atoms with Crippen molar-refractivity contribution in [1.29, 1.82) is 0 Å². The van der Waals surface area contributed by atoms with Crippen LogP contribution in [0.25, 0.3) is 0 Å². The maximum Gasteiger partial charge on any atom is 0.191 e. The molecule has 0 saturated carbocycles. The van der Waals surface area contributed by atoms with Crippen molar-refractivity contribution < 1.29 is 23.7 Å². The average Bonchev–Trinajstić information content (AvgIpc) is 3.44. The Morgan fingerprint density at radius 2 is 1.92 bits per heavy atom. The maximum atomic E-state index is 12.4. The molecule has 0 spiro atoms. The number of hydrogen-bond donors (Lipinski definition) is 1. The molecular weight excluding hydrogens is 312 g/mol. The third kappa shape index (κ3) is 2.07. The summed E-state index contributed by atoms with van der Waals surface area (Å²) in [6.07, 6.45) is 1.05. The van der Waals surface area contributed by atoms with Crippen LogP contribution in [0.4, 0.5) is 0 Å². The van der Waals surface area contributed by atoms with E-state index in [0.717, 1.165) is 5.56 Å². The minimum absolute atomic E-state index is 0.0368. The Labute approximate surface area is 137 Å². The van der Waals surface area contributed by atoms with Crippen molar-refractivity contribution in [3.8, 4) is 11.5 Å². The molecule has 1 aromatic heterocycles. The fraction of sp³-hybridized carbons (Fsp3) is 0.389. The molecule has 0 amide bonds. The van der Waals surface area contributed by atoms with Gasteiger partial charge in [0.2, 0.25) is 0 Å². The highest BCUT2D eigenvalue weighted by Gasteiger charge is 2.66. The van der Waals surface area contributed by atoms with Gasteiger partial charge in [-0.25, -0.2) is 0 Å². The van der Waals surface area contributed by atoms with Gasteiger partial charge in [-0.15, -0.1) is 0 Å². The van der Waals surface area contributed by atoms with Gasteiger partial charge in [0, 0.05) is 12.5 Å². The second-order valence-corrected chi connectivity index (χ2v) is 6.40. The maximum absolute atomic E-state index is 12.4. The first kappa shape index (κ1) is 14.1. The fourth-order valence-electron chi connectivity index (χ4n) is 3.54. The molecule has 0 unspecified atom stereocenters. The van der Waals surface area contributed by atoms with Crippen molar-refractivity contribution >= 4 is 0 Å². The topological polar surface area (TPSA) is 84.7 Å². The van der Waals surface area contributed by atoms with E-state index in [1.807, 2.05) is 6.07 Å². The summed E-state index contributed by atoms with van der Waals surface area (Å²) in [4.78, 5) is 12.4. The van der Waals surface area contributed by atoms with E-state index in [2.05, 4.69) is 0 Å². The van der Waals surface area contributed by atoms with Gasteiger partial charge in [0.05, 0.1) is 12.7 Å². The van der Waals surface area contributed by atoms with Crippen molar-refractivity contribution in [3.05, 3.63) is 57.1 Å². The molecule has 4 atom stereocenters. The van der Waals surface area contributed by atoms with Crippen LogP contribution in [0, 0.1) is 0 Å². The van der Waals surface area contributed by atoms with E-state index in [9.17, 15) is 9.90 Å². The van der Waals surface area contributed by atoms with Crippen LogP contribution in [0.15, 0.2) is 33.5 Å². The summed E-state index contributed by atoms with van der Waals surface area (Å²) in [6.45, 7) is 0. The molecule has 0 bridgehead atoms. The van der Waals surface area contributed by atoms with Crippen molar-refractivity contribution in [2.75, 3.05) is 7.11 Å². The predicted octanol–water partition coefficient (Wildman–Crippen LogP) is 2.03. The van der Waals surface area contributed by atoms with Crippen LogP contribution in [-0.2, 0) is 22.3 Å². The number of methoxy groups -OCH3 is 1. The second-order valence-electron chi connectivity index (χ2n) is 6.40. The highest BCUT2D eigenvalue weighted by Crippen LogP contribution is 2.59. The molecule has 24 heavy (non-hydrogen) atoms. The number of benzene rings is 1. The number of ether oxygens (including phenoxy) is 3. The first-order chi connectivity index (χ1) is 11.7. The van der Waals surface area contributed by atoms with Crippen LogP contribution in [0.5, 0.6) is 11.5 Å². The van der Waals surface area contributed by atoms with Crippen molar-refractivity contribution in [2.45, 2.75) is 37.3 Å². The molecule has 0 radical (unpaired) electrons. The number of aryl methyl sites for hydroxylation is 2. The Bertz CT molecular complexity index is 886. The molecule has 1 aliphatic carbocycles. The summed E-state index contributed by atoms with van der Waals surface area (Å²) < 4.78 is 22.1. The van der Waals surface area contributed by atoms with Gasteiger partial charge in [-0.2, -0.15) is 0 Å². The summed E-state index contributed by atoms with van der Waals surface area (Å²) in [5, 5.41) is 9.84. The highest BCUT2D eigenvalue weighted by atomic mass is 16.7. The van der Waals surface area contributed by atoms with E-state index in [1.54, 1.807) is 18.2 Å². The van der Waals surface area contributed by atoms with Crippen LogP contribution in [0.1, 0.15) is 34.9 Å². The highest BCUT2D eigenvalue weighted by molar-refractivity contribution is 5.42. The minimum Gasteiger partial charge on any atom is -0.504 e. The lowest BCUT2D eigenvalue weighted by molar-refractivity contribution is 0.289. The first-order valence-electron chi connectivity index (χ1n) is 7.99. The lowest BCUT2D eigenvalue weighted by Gasteiger charge is -2.10. The average molecular weight is 328 g/mol. The van der Waals surface area contributed by atoms with Gasteiger partial charge in [-0.1, -0.05) is 6.07 Å². The van der Waals surface area contributed by atoms with Crippen LogP contribution < -0.4 is 10.2 Å². The molecular formula is C18H16O6. The molecule has 1 aromatic carbocycles. The van der Waals surface area contributed by atoms with E-state index in [1.165, 1.54) is 7.11 Å². The molecule has 124 valence electrons. The molecule has 2 aromatic rings. The van der Waals surface area contributed by atoms with Crippen LogP contribution in [0.3, 0.4) is 0 Å². The molecule has 1 N–H and O–H groups in total. The molecule has 6 heteroatoms.